The number of hydrogen-bond acceptors (Lipinski definition) is 5. The van der Waals surface area contributed by atoms with Crippen molar-refractivity contribution in [1.29, 1.82) is 0 Å². The van der Waals surface area contributed by atoms with Gasteiger partial charge in [-0.25, -0.2) is 25.9 Å². The summed E-state index contributed by atoms with van der Waals surface area (Å²) in [5.74, 6) is -1.12. The van der Waals surface area contributed by atoms with Gasteiger partial charge in [-0.15, -0.1) is 12.4 Å². The number of nitrogens with two attached hydrogens (primary N) is 1. The van der Waals surface area contributed by atoms with Gasteiger partial charge in [0.1, 0.15) is 5.82 Å². The first-order valence-corrected chi connectivity index (χ1v) is 9.35. The number of hydrogen-bond donors (Lipinski definition) is 3. The molecule has 0 aromatic heterocycles. The third-order valence-corrected chi connectivity index (χ3v) is 5.36. The molecule has 128 valence electrons. The summed E-state index contributed by atoms with van der Waals surface area (Å²) in [6, 6.07) is 2.94. The van der Waals surface area contributed by atoms with E-state index in [9.17, 15) is 21.2 Å². The van der Waals surface area contributed by atoms with E-state index in [1.165, 1.54) is 0 Å². The molecular formula is C11H19ClFN3O4S2. The van der Waals surface area contributed by atoms with Crippen molar-refractivity contribution < 1.29 is 21.2 Å². The highest BCUT2D eigenvalue weighted by Gasteiger charge is 2.17. The van der Waals surface area contributed by atoms with Gasteiger partial charge in [0.15, 0.2) is 0 Å². The monoisotopic (exact) mass is 375 g/mol. The fraction of sp³-hybridized carbons (Fsp3) is 0.455. The lowest BCUT2D eigenvalue weighted by atomic mass is 10.3. The summed E-state index contributed by atoms with van der Waals surface area (Å²) in [5.41, 5.74) is 4.90. The maximum atomic E-state index is 13.8. The van der Waals surface area contributed by atoms with Crippen LogP contribution in [-0.2, 0) is 20.0 Å². The predicted molar refractivity (Wildman–Crippen MR) is 85.6 cm³/mol. The van der Waals surface area contributed by atoms with Crippen molar-refractivity contribution in [2.24, 2.45) is 5.73 Å². The Morgan fingerprint density at radius 3 is 2.36 bits per heavy atom. The molecule has 0 aliphatic carbocycles. The van der Waals surface area contributed by atoms with E-state index in [2.05, 4.69) is 9.44 Å². The summed E-state index contributed by atoms with van der Waals surface area (Å²) in [7, 11) is -7.50. The van der Waals surface area contributed by atoms with Gasteiger partial charge in [-0.3, -0.25) is 4.72 Å². The Labute approximate surface area is 136 Å². The van der Waals surface area contributed by atoms with Crippen LogP contribution < -0.4 is 15.2 Å². The molecular weight excluding hydrogens is 357 g/mol. The normalized spacial score (nSPS) is 11.8. The molecule has 22 heavy (non-hydrogen) atoms. The average Bonchev–Trinajstić information content (AvgIpc) is 2.38. The van der Waals surface area contributed by atoms with Crippen molar-refractivity contribution >= 4 is 38.1 Å². The minimum absolute atomic E-state index is 0. The van der Waals surface area contributed by atoms with Gasteiger partial charge in [0, 0.05) is 13.1 Å². The summed E-state index contributed by atoms with van der Waals surface area (Å²) in [6.07, 6.45) is 0.381. The predicted octanol–water partition coefficient (Wildman–Crippen LogP) is 0.636. The van der Waals surface area contributed by atoms with Crippen molar-refractivity contribution in [1.82, 2.24) is 4.72 Å². The molecule has 0 radical (unpaired) electrons. The topological polar surface area (TPSA) is 118 Å². The van der Waals surface area contributed by atoms with E-state index in [0.717, 1.165) is 18.2 Å². The fourth-order valence-corrected chi connectivity index (χ4v) is 3.71. The van der Waals surface area contributed by atoms with E-state index < -0.39 is 25.9 Å². The highest BCUT2D eigenvalue weighted by molar-refractivity contribution is 7.92. The fourth-order valence-electron chi connectivity index (χ4n) is 1.51. The van der Waals surface area contributed by atoms with Crippen LogP contribution in [0.25, 0.3) is 0 Å². The molecule has 0 aliphatic heterocycles. The molecule has 0 bridgehead atoms. The molecule has 1 rings (SSSR count). The summed E-state index contributed by atoms with van der Waals surface area (Å²) in [6.45, 7) is 1.81. The van der Waals surface area contributed by atoms with Crippen molar-refractivity contribution in [3.63, 3.8) is 0 Å². The van der Waals surface area contributed by atoms with Crippen LogP contribution >= 0.6 is 12.4 Å². The SMILES string of the molecule is CCCS(=O)(=O)Nc1ccc(S(=O)(=O)NCCN)cc1F.Cl. The Morgan fingerprint density at radius 2 is 1.86 bits per heavy atom. The highest BCUT2D eigenvalue weighted by atomic mass is 35.5. The minimum atomic E-state index is -3.86. The zero-order valence-corrected chi connectivity index (χ0v) is 14.3. The van der Waals surface area contributed by atoms with Crippen LogP contribution in [-0.4, -0.2) is 35.7 Å². The largest absolute Gasteiger partial charge is 0.329 e. The van der Waals surface area contributed by atoms with Crippen LogP contribution in [0.4, 0.5) is 10.1 Å². The Kier molecular flexibility index (Phi) is 8.26. The van der Waals surface area contributed by atoms with E-state index in [0.29, 0.717) is 6.42 Å². The van der Waals surface area contributed by atoms with Crippen LogP contribution in [0.5, 0.6) is 0 Å². The van der Waals surface area contributed by atoms with Gasteiger partial charge in [-0.2, -0.15) is 0 Å². The molecule has 0 saturated carbocycles. The summed E-state index contributed by atoms with van der Waals surface area (Å²) < 4.78 is 64.7. The summed E-state index contributed by atoms with van der Waals surface area (Å²) in [4.78, 5) is -0.299. The van der Waals surface area contributed by atoms with E-state index in [4.69, 9.17) is 5.73 Å². The van der Waals surface area contributed by atoms with Crippen LogP contribution in [0, 0.1) is 5.82 Å². The Hall–Kier alpha value is -0.940. The van der Waals surface area contributed by atoms with Crippen molar-refractivity contribution in [2.75, 3.05) is 23.6 Å². The Balaban J connectivity index is 0.00000441. The van der Waals surface area contributed by atoms with E-state index >= 15 is 0 Å². The van der Waals surface area contributed by atoms with Gasteiger partial charge in [-0.05, 0) is 24.6 Å². The molecule has 7 nitrogen and oxygen atoms in total. The Morgan fingerprint density at radius 1 is 1.23 bits per heavy atom. The van der Waals surface area contributed by atoms with Crippen LogP contribution in [0.3, 0.4) is 0 Å². The number of benzene rings is 1. The molecule has 1 aromatic carbocycles. The standard InChI is InChI=1S/C11H18FN3O4S2.ClH/c1-2-7-20(16,17)15-11-4-3-9(8-10(11)12)21(18,19)14-6-5-13;/h3-4,8,14-15H,2,5-7,13H2,1H3;1H. The molecule has 4 N–H and O–H groups in total. The maximum Gasteiger partial charge on any atom is 0.240 e. The van der Waals surface area contributed by atoms with Crippen LogP contribution in [0.15, 0.2) is 23.1 Å². The second kappa shape index (κ2) is 8.63. The lowest BCUT2D eigenvalue weighted by Crippen LogP contribution is -2.29. The maximum absolute atomic E-state index is 13.8. The minimum Gasteiger partial charge on any atom is -0.329 e. The average molecular weight is 376 g/mol. The molecule has 0 saturated heterocycles. The van der Waals surface area contributed by atoms with Gasteiger partial charge in [0.2, 0.25) is 20.0 Å². The van der Waals surface area contributed by atoms with E-state index in [1.54, 1.807) is 6.92 Å². The van der Waals surface area contributed by atoms with Gasteiger partial charge in [-0.1, -0.05) is 6.92 Å². The molecule has 1 aromatic rings. The second-order valence-corrected chi connectivity index (χ2v) is 7.86. The number of anilines is 1. The number of halogens is 2. The van der Waals surface area contributed by atoms with Gasteiger partial charge in [0.25, 0.3) is 0 Å². The van der Waals surface area contributed by atoms with Crippen LogP contribution in [0.2, 0.25) is 0 Å². The van der Waals surface area contributed by atoms with Crippen LogP contribution in [0.1, 0.15) is 13.3 Å². The van der Waals surface area contributed by atoms with Crippen molar-refractivity contribution in [2.45, 2.75) is 18.2 Å². The zero-order valence-electron chi connectivity index (χ0n) is 11.9. The van der Waals surface area contributed by atoms with Gasteiger partial charge in [0.05, 0.1) is 16.3 Å². The molecule has 0 fully saturated rings. The third-order valence-electron chi connectivity index (χ3n) is 2.43. The van der Waals surface area contributed by atoms with E-state index in [1.807, 2.05) is 0 Å². The van der Waals surface area contributed by atoms with E-state index in [-0.39, 0.29) is 41.8 Å². The molecule has 0 aliphatic rings. The second-order valence-electron chi connectivity index (χ2n) is 4.25. The number of nitrogens with one attached hydrogen (secondary N) is 2. The smallest absolute Gasteiger partial charge is 0.240 e. The lowest BCUT2D eigenvalue weighted by Gasteiger charge is -2.10. The van der Waals surface area contributed by atoms with Crippen molar-refractivity contribution in [3.8, 4) is 0 Å². The Bertz CT molecular complexity index is 695. The third kappa shape index (κ3) is 6.05. The van der Waals surface area contributed by atoms with Crippen molar-refractivity contribution in [3.05, 3.63) is 24.0 Å². The molecule has 0 atom stereocenters. The summed E-state index contributed by atoms with van der Waals surface area (Å²) >= 11 is 0. The quantitative estimate of drug-likeness (QED) is 0.616. The molecule has 0 spiro atoms. The first-order chi connectivity index (χ1) is 9.72. The zero-order chi connectivity index (χ0) is 16.1. The molecule has 11 heteroatoms. The highest BCUT2D eigenvalue weighted by Crippen LogP contribution is 2.20. The van der Waals surface area contributed by atoms with Gasteiger partial charge >= 0.3 is 0 Å². The molecule has 0 heterocycles. The summed E-state index contributed by atoms with van der Waals surface area (Å²) in [5, 5.41) is 0. The number of rotatable bonds is 8. The molecule has 0 unspecified atom stereocenters. The lowest BCUT2D eigenvalue weighted by molar-refractivity contribution is 0.578. The molecule has 0 amide bonds. The first-order valence-electron chi connectivity index (χ1n) is 6.21. The number of sulfonamides is 2. The first kappa shape index (κ1) is 21.1. The van der Waals surface area contributed by atoms with Gasteiger partial charge < -0.3 is 5.73 Å².